The van der Waals surface area contributed by atoms with Gasteiger partial charge in [0.2, 0.25) is 11.9 Å². The number of carbonyl (C=O) groups is 2. The summed E-state index contributed by atoms with van der Waals surface area (Å²) in [6.45, 7) is 10.6. The highest BCUT2D eigenvalue weighted by molar-refractivity contribution is 5.97. The maximum atomic E-state index is 13.6. The van der Waals surface area contributed by atoms with Gasteiger partial charge in [0.25, 0.3) is 0 Å². The van der Waals surface area contributed by atoms with Gasteiger partial charge in [-0.15, -0.1) is 0 Å². The van der Waals surface area contributed by atoms with Gasteiger partial charge in [-0.25, -0.2) is 9.79 Å². The van der Waals surface area contributed by atoms with E-state index in [0.29, 0.717) is 58.2 Å². The molecule has 3 amide bonds. The first kappa shape index (κ1) is 28.4. The summed E-state index contributed by atoms with van der Waals surface area (Å²) in [5.41, 5.74) is 0.299. The maximum Gasteiger partial charge on any atom is 0.321 e. The lowest BCUT2D eigenvalue weighted by Gasteiger charge is -2.31. The van der Waals surface area contributed by atoms with Crippen molar-refractivity contribution in [2.45, 2.75) is 51.6 Å². The van der Waals surface area contributed by atoms with E-state index in [4.69, 9.17) is 9.73 Å². The number of hydrogen-bond donors (Lipinski definition) is 3. The number of nitrogens with one attached hydrogen (secondary N) is 3. The number of amides is 3. The molecule has 0 bridgehead atoms. The zero-order chi connectivity index (χ0) is 26.7. The summed E-state index contributed by atoms with van der Waals surface area (Å²) in [6, 6.07) is 11.5. The van der Waals surface area contributed by atoms with Crippen LogP contribution in [0.3, 0.4) is 0 Å². The SMILES string of the molecule is CCNC(=O)NC(=NC(CC(C)C)C(=O)NC1(C#N)CCN(CCc2ccccc2)C1)N1CCOCC1. The van der Waals surface area contributed by atoms with Gasteiger partial charge in [-0.2, -0.15) is 5.26 Å². The number of ether oxygens (including phenoxy) is 1. The largest absolute Gasteiger partial charge is 0.378 e. The molecule has 10 heteroatoms. The average Bonchev–Trinajstić information content (AvgIpc) is 3.31. The van der Waals surface area contributed by atoms with Gasteiger partial charge in [-0.1, -0.05) is 44.2 Å². The lowest BCUT2D eigenvalue weighted by atomic mass is 9.98. The van der Waals surface area contributed by atoms with Crippen LogP contribution in [0.4, 0.5) is 4.79 Å². The van der Waals surface area contributed by atoms with E-state index in [1.54, 1.807) is 0 Å². The average molecular weight is 512 g/mol. The maximum absolute atomic E-state index is 13.6. The quantitative estimate of drug-likeness (QED) is 0.343. The van der Waals surface area contributed by atoms with E-state index in [2.05, 4.69) is 39.1 Å². The molecular formula is C27H41N7O3. The van der Waals surface area contributed by atoms with Crippen molar-refractivity contribution >= 4 is 17.9 Å². The van der Waals surface area contributed by atoms with Gasteiger partial charge in [0.1, 0.15) is 11.6 Å². The van der Waals surface area contributed by atoms with Crippen molar-refractivity contribution < 1.29 is 14.3 Å². The van der Waals surface area contributed by atoms with Crippen molar-refractivity contribution in [3.63, 3.8) is 0 Å². The molecule has 2 heterocycles. The number of urea groups is 1. The zero-order valence-corrected chi connectivity index (χ0v) is 22.3. The van der Waals surface area contributed by atoms with Crippen molar-refractivity contribution in [3.05, 3.63) is 35.9 Å². The smallest absolute Gasteiger partial charge is 0.321 e. The van der Waals surface area contributed by atoms with E-state index >= 15 is 0 Å². The third-order valence-electron chi connectivity index (χ3n) is 6.63. The molecule has 0 saturated carbocycles. The van der Waals surface area contributed by atoms with E-state index < -0.39 is 11.6 Å². The second-order valence-electron chi connectivity index (χ2n) is 10.1. The number of nitriles is 1. The fourth-order valence-corrected chi connectivity index (χ4v) is 4.64. The number of nitrogens with zero attached hydrogens (tertiary/aromatic N) is 4. The van der Waals surface area contributed by atoms with E-state index in [9.17, 15) is 14.9 Å². The monoisotopic (exact) mass is 511 g/mol. The fraction of sp³-hybridized carbons (Fsp3) is 0.630. The first-order valence-corrected chi connectivity index (χ1v) is 13.3. The third kappa shape index (κ3) is 8.72. The summed E-state index contributed by atoms with van der Waals surface area (Å²) in [5, 5.41) is 18.7. The molecule has 0 radical (unpaired) electrons. The lowest BCUT2D eigenvalue weighted by molar-refractivity contribution is -0.123. The van der Waals surface area contributed by atoms with Crippen LogP contribution in [0.15, 0.2) is 35.3 Å². The first-order valence-electron chi connectivity index (χ1n) is 13.3. The van der Waals surface area contributed by atoms with Gasteiger partial charge < -0.3 is 20.3 Å². The molecule has 1 aromatic rings. The molecular weight excluding hydrogens is 470 g/mol. The van der Waals surface area contributed by atoms with Crippen molar-refractivity contribution in [2.24, 2.45) is 10.9 Å². The molecule has 2 aliphatic rings. The number of morpholine rings is 1. The van der Waals surface area contributed by atoms with Crippen LogP contribution in [0.25, 0.3) is 0 Å². The summed E-state index contributed by atoms with van der Waals surface area (Å²) in [5.74, 6) is 0.263. The van der Waals surface area contributed by atoms with Crippen molar-refractivity contribution in [3.8, 4) is 6.07 Å². The van der Waals surface area contributed by atoms with Crippen LogP contribution < -0.4 is 16.0 Å². The topological polar surface area (TPSA) is 122 Å². The van der Waals surface area contributed by atoms with Crippen molar-refractivity contribution in [1.29, 1.82) is 5.26 Å². The van der Waals surface area contributed by atoms with E-state index in [1.807, 2.05) is 43.9 Å². The Morgan fingerprint density at radius 1 is 1.19 bits per heavy atom. The lowest BCUT2D eigenvalue weighted by Crippen LogP contribution is -2.54. The minimum absolute atomic E-state index is 0.193. The Hall–Kier alpha value is -3.16. The Bertz CT molecular complexity index is 956. The van der Waals surface area contributed by atoms with E-state index in [0.717, 1.165) is 19.5 Å². The van der Waals surface area contributed by atoms with Crippen LogP contribution in [-0.2, 0) is 16.0 Å². The van der Waals surface area contributed by atoms with Gasteiger partial charge in [-0.05, 0) is 37.7 Å². The second-order valence-corrected chi connectivity index (χ2v) is 10.1. The first-order chi connectivity index (χ1) is 17.8. The molecule has 2 aliphatic heterocycles. The molecule has 2 saturated heterocycles. The zero-order valence-electron chi connectivity index (χ0n) is 22.3. The Morgan fingerprint density at radius 2 is 1.92 bits per heavy atom. The van der Waals surface area contributed by atoms with Crippen LogP contribution >= 0.6 is 0 Å². The molecule has 2 fully saturated rings. The molecule has 10 nitrogen and oxygen atoms in total. The van der Waals surface area contributed by atoms with Gasteiger partial charge in [0.15, 0.2) is 0 Å². The van der Waals surface area contributed by atoms with Gasteiger partial charge in [0.05, 0.1) is 19.3 Å². The third-order valence-corrected chi connectivity index (χ3v) is 6.63. The molecule has 2 atom stereocenters. The van der Waals surface area contributed by atoms with Crippen LogP contribution in [0.2, 0.25) is 0 Å². The summed E-state index contributed by atoms with van der Waals surface area (Å²) in [6.07, 6.45) is 1.95. The molecule has 3 rings (SSSR count). The molecule has 2 unspecified atom stereocenters. The number of benzene rings is 1. The molecule has 0 aromatic heterocycles. The summed E-state index contributed by atoms with van der Waals surface area (Å²) >= 11 is 0. The van der Waals surface area contributed by atoms with Crippen LogP contribution in [-0.4, -0.2) is 91.8 Å². The van der Waals surface area contributed by atoms with Crippen LogP contribution in [0, 0.1) is 17.2 Å². The van der Waals surface area contributed by atoms with E-state index in [-0.39, 0.29) is 17.9 Å². The van der Waals surface area contributed by atoms with Gasteiger partial charge >= 0.3 is 6.03 Å². The highest BCUT2D eigenvalue weighted by Gasteiger charge is 2.41. The number of carbonyl (C=O) groups excluding carboxylic acids is 2. The van der Waals surface area contributed by atoms with Crippen LogP contribution in [0.5, 0.6) is 0 Å². The Labute approximate surface area is 220 Å². The Morgan fingerprint density at radius 3 is 2.57 bits per heavy atom. The number of likely N-dealkylation sites (tertiary alicyclic amines) is 1. The standard InChI is InChI=1S/C27H41N7O3/c1-4-29-26(36)31-25(34-14-16-37-17-15-34)30-23(18-21(2)3)24(35)32-27(19-28)11-13-33(20-27)12-10-22-8-6-5-7-9-22/h5-9,21,23H,4,10-18,20H2,1-3H3,(H,32,35)(H2,29,30,31,36). The minimum atomic E-state index is -0.954. The second kappa shape index (κ2) is 14.0. The molecule has 1 aromatic carbocycles. The highest BCUT2D eigenvalue weighted by Crippen LogP contribution is 2.22. The number of aliphatic imine (C=N–C) groups is 1. The minimum Gasteiger partial charge on any atom is -0.378 e. The molecule has 0 aliphatic carbocycles. The molecule has 0 spiro atoms. The van der Waals surface area contributed by atoms with E-state index in [1.165, 1.54) is 5.56 Å². The number of guanidine groups is 1. The predicted molar refractivity (Wildman–Crippen MR) is 143 cm³/mol. The van der Waals surface area contributed by atoms with Crippen molar-refractivity contribution in [2.75, 3.05) is 52.5 Å². The van der Waals surface area contributed by atoms with Gasteiger partial charge in [0, 0.05) is 39.3 Å². The summed E-state index contributed by atoms with van der Waals surface area (Å²) < 4.78 is 5.45. The predicted octanol–water partition coefficient (Wildman–Crippen LogP) is 1.74. The highest BCUT2D eigenvalue weighted by atomic mass is 16.5. The molecule has 202 valence electrons. The Kier molecular flexibility index (Phi) is 10.7. The van der Waals surface area contributed by atoms with Crippen LogP contribution in [0.1, 0.15) is 39.2 Å². The molecule has 3 N–H and O–H groups in total. The number of hydrogen-bond acceptors (Lipinski definition) is 6. The fourth-order valence-electron chi connectivity index (χ4n) is 4.64. The normalized spacial score (nSPS) is 21.4. The molecule has 37 heavy (non-hydrogen) atoms. The Balaban J connectivity index is 1.72. The summed E-state index contributed by atoms with van der Waals surface area (Å²) in [4.78, 5) is 34.8. The van der Waals surface area contributed by atoms with Crippen molar-refractivity contribution in [1.82, 2.24) is 25.8 Å². The number of rotatable bonds is 9. The summed E-state index contributed by atoms with van der Waals surface area (Å²) in [7, 11) is 0. The van der Waals surface area contributed by atoms with Gasteiger partial charge in [-0.3, -0.25) is 15.0 Å².